The van der Waals surface area contributed by atoms with E-state index in [2.05, 4.69) is 22.4 Å². The lowest BCUT2D eigenvalue weighted by Crippen LogP contribution is -2.48. The highest BCUT2D eigenvalue weighted by atomic mass is 32.1. The zero-order valence-corrected chi connectivity index (χ0v) is 17.1. The van der Waals surface area contributed by atoms with Gasteiger partial charge < -0.3 is 4.90 Å². The summed E-state index contributed by atoms with van der Waals surface area (Å²) in [5.74, 6) is -0.0683. The first-order chi connectivity index (χ1) is 14.2. The van der Waals surface area contributed by atoms with Crippen molar-refractivity contribution in [2.24, 2.45) is 0 Å². The lowest BCUT2D eigenvalue weighted by Gasteiger charge is -2.34. The Balaban J connectivity index is 1.23. The third-order valence-electron chi connectivity index (χ3n) is 5.22. The van der Waals surface area contributed by atoms with Crippen LogP contribution in [0.5, 0.6) is 0 Å². The first kappa shape index (κ1) is 19.7. The molecule has 0 radical (unpaired) electrons. The third kappa shape index (κ3) is 5.28. The van der Waals surface area contributed by atoms with E-state index in [1.54, 1.807) is 23.5 Å². The fraction of sp³-hybridized carbons (Fsp3) is 0.304. The Hall–Kier alpha value is -2.57. The normalized spacial score (nSPS) is 14.9. The number of piperazine rings is 1. The molecule has 4 nitrogen and oxygen atoms in total. The summed E-state index contributed by atoms with van der Waals surface area (Å²) >= 11 is 1.68. The molecule has 2 heterocycles. The van der Waals surface area contributed by atoms with Crippen molar-refractivity contribution in [1.82, 2.24) is 14.8 Å². The van der Waals surface area contributed by atoms with Gasteiger partial charge in [-0.1, -0.05) is 42.5 Å². The molecule has 1 aliphatic rings. The molecule has 1 aliphatic heterocycles. The van der Waals surface area contributed by atoms with Crippen molar-refractivity contribution in [3.8, 4) is 10.6 Å². The number of nitrogens with zero attached hydrogens (tertiary/aromatic N) is 3. The number of aromatic nitrogens is 1. The molecule has 6 heteroatoms. The molecule has 0 spiro atoms. The number of carbonyl (C=O) groups is 1. The minimum Gasteiger partial charge on any atom is -0.340 e. The molecule has 0 unspecified atom stereocenters. The monoisotopic (exact) mass is 409 g/mol. The van der Waals surface area contributed by atoms with Gasteiger partial charge >= 0.3 is 0 Å². The van der Waals surface area contributed by atoms with Crippen LogP contribution in [-0.2, 0) is 17.8 Å². The average Bonchev–Trinajstić information content (AvgIpc) is 3.23. The van der Waals surface area contributed by atoms with Crippen LogP contribution in [0.25, 0.3) is 10.6 Å². The molecular weight excluding hydrogens is 385 g/mol. The van der Waals surface area contributed by atoms with Crippen LogP contribution in [0.1, 0.15) is 17.7 Å². The maximum absolute atomic E-state index is 13.0. The summed E-state index contributed by atoms with van der Waals surface area (Å²) < 4.78 is 13.0. The molecular formula is C23H24FN3OS. The van der Waals surface area contributed by atoms with Crippen molar-refractivity contribution >= 4 is 17.2 Å². The van der Waals surface area contributed by atoms with E-state index in [0.717, 1.165) is 54.6 Å². The van der Waals surface area contributed by atoms with Gasteiger partial charge in [-0.3, -0.25) is 9.69 Å². The minimum atomic E-state index is -0.243. The summed E-state index contributed by atoms with van der Waals surface area (Å²) in [6, 6.07) is 16.6. The van der Waals surface area contributed by atoms with Crippen molar-refractivity contribution < 1.29 is 9.18 Å². The SMILES string of the molecule is O=C(CCc1ccc(F)cc1)N1CCN(Cc2csc(-c3ccccc3)n2)CC1. The highest BCUT2D eigenvalue weighted by molar-refractivity contribution is 7.13. The van der Waals surface area contributed by atoms with Crippen LogP contribution in [0.15, 0.2) is 60.0 Å². The zero-order valence-electron chi connectivity index (χ0n) is 16.3. The number of rotatable bonds is 6. The number of thiazole rings is 1. The lowest BCUT2D eigenvalue weighted by molar-refractivity contribution is -0.133. The van der Waals surface area contributed by atoms with Crippen molar-refractivity contribution in [2.75, 3.05) is 26.2 Å². The Bertz CT molecular complexity index is 934. The van der Waals surface area contributed by atoms with Gasteiger partial charge in [0.25, 0.3) is 0 Å². The quantitative estimate of drug-likeness (QED) is 0.611. The number of hydrogen-bond acceptors (Lipinski definition) is 4. The summed E-state index contributed by atoms with van der Waals surface area (Å²) in [6.45, 7) is 4.04. The summed E-state index contributed by atoms with van der Waals surface area (Å²) in [5.41, 5.74) is 3.24. The standard InChI is InChI=1S/C23H24FN3OS/c24-20-9-6-18(7-10-20)8-11-22(28)27-14-12-26(13-15-27)16-21-17-29-23(25-21)19-4-2-1-3-5-19/h1-7,9-10,17H,8,11-16H2. The maximum atomic E-state index is 13.0. The largest absolute Gasteiger partial charge is 0.340 e. The molecule has 0 atom stereocenters. The Morgan fingerprint density at radius 2 is 1.72 bits per heavy atom. The van der Waals surface area contributed by atoms with E-state index in [0.29, 0.717) is 12.8 Å². The van der Waals surface area contributed by atoms with Crippen LogP contribution in [0, 0.1) is 5.82 Å². The van der Waals surface area contributed by atoms with Crippen molar-refractivity contribution in [2.45, 2.75) is 19.4 Å². The highest BCUT2D eigenvalue weighted by Gasteiger charge is 2.21. The zero-order chi connectivity index (χ0) is 20.1. The molecule has 29 heavy (non-hydrogen) atoms. The van der Waals surface area contributed by atoms with Gasteiger partial charge in [0.15, 0.2) is 0 Å². The molecule has 3 aromatic rings. The number of amides is 1. The van der Waals surface area contributed by atoms with Gasteiger partial charge in [-0.2, -0.15) is 0 Å². The van der Waals surface area contributed by atoms with Crippen LogP contribution >= 0.6 is 11.3 Å². The molecule has 150 valence electrons. The second-order valence-electron chi connectivity index (χ2n) is 7.29. The van der Waals surface area contributed by atoms with Crippen LogP contribution in [0.3, 0.4) is 0 Å². The third-order valence-corrected chi connectivity index (χ3v) is 6.16. The Morgan fingerprint density at radius 1 is 1.00 bits per heavy atom. The van der Waals surface area contributed by atoms with Crippen LogP contribution < -0.4 is 0 Å². The van der Waals surface area contributed by atoms with E-state index in [9.17, 15) is 9.18 Å². The number of hydrogen-bond donors (Lipinski definition) is 0. The van der Waals surface area contributed by atoms with E-state index < -0.39 is 0 Å². The molecule has 1 aromatic heterocycles. The summed E-state index contributed by atoms with van der Waals surface area (Å²) in [7, 11) is 0. The van der Waals surface area contributed by atoms with E-state index in [-0.39, 0.29) is 11.7 Å². The van der Waals surface area contributed by atoms with E-state index >= 15 is 0 Å². The second kappa shape index (κ2) is 9.29. The predicted octanol–water partition coefficient (Wildman–Crippen LogP) is 4.23. The molecule has 0 N–H and O–H groups in total. The van der Waals surface area contributed by atoms with E-state index in [1.807, 2.05) is 23.1 Å². The first-order valence-electron chi connectivity index (χ1n) is 9.92. The molecule has 1 amide bonds. The number of aryl methyl sites for hydroxylation is 1. The topological polar surface area (TPSA) is 36.4 Å². The van der Waals surface area contributed by atoms with Gasteiger partial charge in [-0.25, -0.2) is 9.37 Å². The van der Waals surface area contributed by atoms with E-state index in [4.69, 9.17) is 4.98 Å². The van der Waals surface area contributed by atoms with Crippen molar-refractivity contribution in [3.05, 3.63) is 77.1 Å². The minimum absolute atomic E-state index is 0.175. The van der Waals surface area contributed by atoms with Gasteiger partial charge in [0.1, 0.15) is 10.8 Å². The van der Waals surface area contributed by atoms with Gasteiger partial charge in [-0.05, 0) is 24.1 Å². The number of halogens is 1. The smallest absolute Gasteiger partial charge is 0.222 e. The number of benzene rings is 2. The summed E-state index contributed by atoms with van der Waals surface area (Å²) in [5, 5.41) is 3.18. The van der Waals surface area contributed by atoms with Gasteiger partial charge in [0, 0.05) is 50.1 Å². The van der Waals surface area contributed by atoms with Crippen molar-refractivity contribution in [1.29, 1.82) is 0 Å². The Kier molecular flexibility index (Phi) is 6.32. The van der Waals surface area contributed by atoms with E-state index in [1.165, 1.54) is 12.1 Å². The molecule has 0 aliphatic carbocycles. The summed E-state index contributed by atoms with van der Waals surface area (Å²) in [4.78, 5) is 21.5. The molecule has 4 rings (SSSR count). The van der Waals surface area contributed by atoms with Crippen LogP contribution in [0.4, 0.5) is 4.39 Å². The van der Waals surface area contributed by atoms with Gasteiger partial charge in [-0.15, -0.1) is 11.3 Å². The highest BCUT2D eigenvalue weighted by Crippen LogP contribution is 2.24. The fourth-order valence-electron chi connectivity index (χ4n) is 3.54. The Morgan fingerprint density at radius 3 is 2.45 bits per heavy atom. The van der Waals surface area contributed by atoms with Gasteiger partial charge in [0.2, 0.25) is 5.91 Å². The second-order valence-corrected chi connectivity index (χ2v) is 8.15. The predicted molar refractivity (Wildman–Crippen MR) is 114 cm³/mol. The summed E-state index contributed by atoms with van der Waals surface area (Å²) in [6.07, 6.45) is 1.12. The fourth-order valence-corrected chi connectivity index (χ4v) is 4.35. The maximum Gasteiger partial charge on any atom is 0.222 e. The lowest BCUT2D eigenvalue weighted by atomic mass is 10.1. The van der Waals surface area contributed by atoms with Crippen LogP contribution in [-0.4, -0.2) is 46.9 Å². The number of carbonyl (C=O) groups excluding carboxylic acids is 1. The van der Waals surface area contributed by atoms with Crippen LogP contribution in [0.2, 0.25) is 0 Å². The first-order valence-corrected chi connectivity index (χ1v) is 10.8. The molecule has 0 saturated carbocycles. The molecule has 0 bridgehead atoms. The molecule has 2 aromatic carbocycles. The van der Waals surface area contributed by atoms with Crippen molar-refractivity contribution in [3.63, 3.8) is 0 Å². The average molecular weight is 410 g/mol. The van der Waals surface area contributed by atoms with Gasteiger partial charge in [0.05, 0.1) is 5.69 Å². The molecule has 1 fully saturated rings. The molecule has 1 saturated heterocycles. The Labute approximate surface area is 174 Å².